The zero-order valence-corrected chi connectivity index (χ0v) is 6.96. The van der Waals surface area contributed by atoms with E-state index in [9.17, 15) is 9.59 Å². The summed E-state index contributed by atoms with van der Waals surface area (Å²) in [6, 6.07) is 0. The first kappa shape index (κ1) is 10.1. The number of carboxylic acid groups (broad SMARTS) is 1. The van der Waals surface area contributed by atoms with E-state index < -0.39 is 5.97 Å². The fourth-order valence-corrected chi connectivity index (χ4v) is 0.763. The molecule has 0 radical (unpaired) electrons. The zero-order valence-electron chi connectivity index (χ0n) is 6.96. The fourth-order valence-electron chi connectivity index (χ4n) is 0.763. The smallest absolute Gasteiger partial charge is 0.303 e. The summed E-state index contributed by atoms with van der Waals surface area (Å²) in [6.07, 6.45) is 1.44. The summed E-state index contributed by atoms with van der Waals surface area (Å²) in [5.74, 6) is -0.648. The number of hydrogen-bond donors (Lipinski definition) is 1. The van der Waals surface area contributed by atoms with E-state index in [4.69, 9.17) is 5.11 Å². The van der Waals surface area contributed by atoms with Gasteiger partial charge in [0.15, 0.2) is 0 Å². The Morgan fingerprint density at radius 2 is 2.00 bits per heavy atom. The zero-order chi connectivity index (χ0) is 8.85. The van der Waals surface area contributed by atoms with Gasteiger partial charge in [0.05, 0.1) is 0 Å². The van der Waals surface area contributed by atoms with Gasteiger partial charge in [-0.25, -0.2) is 0 Å². The number of carbonyl (C=O) groups excluding carboxylic acids is 1. The maximum Gasteiger partial charge on any atom is 0.303 e. The van der Waals surface area contributed by atoms with Crippen molar-refractivity contribution in [2.45, 2.75) is 33.1 Å². The van der Waals surface area contributed by atoms with Gasteiger partial charge >= 0.3 is 5.97 Å². The third kappa shape index (κ3) is 5.58. The molecular weight excluding hydrogens is 144 g/mol. The van der Waals surface area contributed by atoms with Crippen molar-refractivity contribution in [2.75, 3.05) is 0 Å². The van der Waals surface area contributed by atoms with Gasteiger partial charge in [-0.15, -0.1) is 0 Å². The highest BCUT2D eigenvalue weighted by molar-refractivity contribution is 5.77. The van der Waals surface area contributed by atoms with E-state index in [1.807, 2.05) is 6.92 Å². The number of Topliss-reactive ketones (excluding diaryl/α,β-unsaturated/α-hetero) is 1. The van der Waals surface area contributed by atoms with E-state index in [0.29, 0.717) is 12.8 Å². The summed E-state index contributed by atoms with van der Waals surface area (Å²) in [5.41, 5.74) is 0. The molecule has 0 amide bonds. The van der Waals surface area contributed by atoms with Gasteiger partial charge in [0.2, 0.25) is 0 Å². The highest BCUT2D eigenvalue weighted by Crippen LogP contribution is 2.08. The Balaban J connectivity index is 3.39. The maximum atomic E-state index is 10.7. The summed E-state index contributed by atoms with van der Waals surface area (Å²) in [5, 5.41) is 8.28. The highest BCUT2D eigenvalue weighted by atomic mass is 16.4. The molecule has 0 saturated carbocycles. The molecule has 1 atom stereocenters. The van der Waals surface area contributed by atoms with Crippen LogP contribution < -0.4 is 0 Å². The van der Waals surface area contributed by atoms with Crippen LogP contribution in [0, 0.1) is 5.92 Å². The van der Waals surface area contributed by atoms with Crippen molar-refractivity contribution >= 4 is 11.8 Å². The number of carboxylic acids is 1. The van der Waals surface area contributed by atoms with E-state index in [-0.39, 0.29) is 18.1 Å². The molecule has 0 saturated heterocycles. The average Bonchev–Trinajstić information content (AvgIpc) is 1.86. The third-order valence-electron chi connectivity index (χ3n) is 1.72. The van der Waals surface area contributed by atoms with Gasteiger partial charge in [-0.05, 0) is 19.8 Å². The minimum atomic E-state index is -0.791. The normalized spacial score (nSPS) is 12.5. The van der Waals surface area contributed by atoms with Crippen LogP contribution in [-0.4, -0.2) is 16.9 Å². The number of hydrogen-bond acceptors (Lipinski definition) is 2. The summed E-state index contributed by atoms with van der Waals surface area (Å²) < 4.78 is 0. The first-order valence-electron chi connectivity index (χ1n) is 3.76. The van der Waals surface area contributed by atoms with Crippen LogP contribution >= 0.6 is 0 Å². The molecule has 0 aliphatic heterocycles. The van der Waals surface area contributed by atoms with Crippen molar-refractivity contribution in [1.82, 2.24) is 0 Å². The minimum absolute atomic E-state index is 0.00866. The Hall–Kier alpha value is -0.860. The monoisotopic (exact) mass is 158 g/mol. The van der Waals surface area contributed by atoms with Crippen molar-refractivity contribution in [1.29, 1.82) is 0 Å². The van der Waals surface area contributed by atoms with E-state index in [2.05, 4.69) is 0 Å². The van der Waals surface area contributed by atoms with Gasteiger partial charge in [-0.3, -0.25) is 9.59 Å². The lowest BCUT2D eigenvalue weighted by atomic mass is 10.0. The largest absolute Gasteiger partial charge is 0.481 e. The van der Waals surface area contributed by atoms with E-state index in [1.54, 1.807) is 0 Å². The fraction of sp³-hybridized carbons (Fsp3) is 0.750. The van der Waals surface area contributed by atoms with Gasteiger partial charge in [-0.2, -0.15) is 0 Å². The quantitative estimate of drug-likeness (QED) is 0.659. The third-order valence-corrected chi connectivity index (χ3v) is 1.72. The molecule has 3 nitrogen and oxygen atoms in total. The molecule has 0 aliphatic rings. The van der Waals surface area contributed by atoms with Crippen LogP contribution in [0.2, 0.25) is 0 Å². The summed E-state index contributed by atoms with van der Waals surface area (Å²) in [6.45, 7) is 3.36. The molecule has 0 aliphatic carbocycles. The summed E-state index contributed by atoms with van der Waals surface area (Å²) in [7, 11) is 0. The van der Waals surface area contributed by atoms with Crippen LogP contribution in [0.4, 0.5) is 0 Å². The molecule has 0 bridgehead atoms. The molecular formula is C8H14O3. The predicted octanol–water partition coefficient (Wildman–Crippen LogP) is 1.47. The van der Waals surface area contributed by atoms with Crippen molar-refractivity contribution in [2.24, 2.45) is 5.92 Å². The van der Waals surface area contributed by atoms with Crippen molar-refractivity contribution in [3.63, 3.8) is 0 Å². The Bertz CT molecular complexity index is 151. The predicted molar refractivity (Wildman–Crippen MR) is 41.3 cm³/mol. The number of aliphatic carboxylic acids is 1. The Labute approximate surface area is 66.4 Å². The van der Waals surface area contributed by atoms with Crippen molar-refractivity contribution < 1.29 is 14.7 Å². The van der Waals surface area contributed by atoms with Crippen LogP contribution in [0.3, 0.4) is 0 Å². The molecule has 3 heteroatoms. The molecule has 0 heterocycles. The summed E-state index contributed by atoms with van der Waals surface area (Å²) in [4.78, 5) is 20.7. The van der Waals surface area contributed by atoms with Crippen LogP contribution in [0.5, 0.6) is 0 Å². The van der Waals surface area contributed by atoms with E-state index in [1.165, 1.54) is 6.92 Å². The topological polar surface area (TPSA) is 54.4 Å². The lowest BCUT2D eigenvalue weighted by Gasteiger charge is -2.04. The SMILES string of the molecule is CC(=O)C(C)CCCC(=O)O. The molecule has 0 aromatic heterocycles. The molecule has 0 aromatic carbocycles. The first-order chi connectivity index (χ1) is 5.04. The average molecular weight is 158 g/mol. The van der Waals surface area contributed by atoms with Crippen LogP contribution in [0.25, 0.3) is 0 Å². The van der Waals surface area contributed by atoms with Crippen LogP contribution in [0.1, 0.15) is 33.1 Å². The Kier molecular flexibility index (Phi) is 4.50. The molecule has 0 rings (SSSR count). The molecule has 11 heavy (non-hydrogen) atoms. The maximum absolute atomic E-state index is 10.7. The van der Waals surface area contributed by atoms with Gasteiger partial charge in [0.1, 0.15) is 5.78 Å². The van der Waals surface area contributed by atoms with Gasteiger partial charge in [0, 0.05) is 12.3 Å². The van der Waals surface area contributed by atoms with Crippen molar-refractivity contribution in [3.8, 4) is 0 Å². The minimum Gasteiger partial charge on any atom is -0.481 e. The number of rotatable bonds is 5. The molecule has 64 valence electrons. The molecule has 0 spiro atoms. The molecule has 1 N–H and O–H groups in total. The van der Waals surface area contributed by atoms with Crippen molar-refractivity contribution in [3.05, 3.63) is 0 Å². The second-order valence-electron chi connectivity index (χ2n) is 2.80. The lowest BCUT2D eigenvalue weighted by Crippen LogP contribution is -2.06. The highest BCUT2D eigenvalue weighted by Gasteiger charge is 2.07. The second-order valence-corrected chi connectivity index (χ2v) is 2.80. The Morgan fingerprint density at radius 1 is 1.45 bits per heavy atom. The van der Waals surface area contributed by atoms with E-state index in [0.717, 1.165) is 0 Å². The molecule has 0 aromatic rings. The summed E-state index contributed by atoms with van der Waals surface area (Å²) >= 11 is 0. The lowest BCUT2D eigenvalue weighted by molar-refractivity contribution is -0.137. The van der Waals surface area contributed by atoms with Gasteiger partial charge in [-0.1, -0.05) is 6.92 Å². The van der Waals surface area contributed by atoms with E-state index >= 15 is 0 Å². The van der Waals surface area contributed by atoms with Gasteiger partial charge < -0.3 is 5.11 Å². The Morgan fingerprint density at radius 3 is 2.36 bits per heavy atom. The second kappa shape index (κ2) is 4.88. The number of ketones is 1. The van der Waals surface area contributed by atoms with Crippen LogP contribution in [-0.2, 0) is 9.59 Å². The number of carbonyl (C=O) groups is 2. The molecule has 1 unspecified atom stereocenters. The van der Waals surface area contributed by atoms with Gasteiger partial charge in [0.25, 0.3) is 0 Å². The molecule has 0 fully saturated rings. The standard InChI is InChI=1S/C8H14O3/c1-6(7(2)9)4-3-5-8(10)11/h6H,3-5H2,1-2H3,(H,10,11). The van der Waals surface area contributed by atoms with Crippen LogP contribution in [0.15, 0.2) is 0 Å². The first-order valence-corrected chi connectivity index (χ1v) is 3.76.